The topological polar surface area (TPSA) is 28.2 Å². The Morgan fingerprint density at radius 3 is 2.65 bits per heavy atom. The number of hydrogen-bond donors (Lipinski definition) is 1. The molecule has 0 radical (unpaired) electrons. The van der Waals surface area contributed by atoms with E-state index in [1.165, 1.54) is 16.0 Å². The van der Waals surface area contributed by atoms with Crippen LogP contribution < -0.4 is 5.32 Å². The largest absolute Gasteiger partial charge is 0.314 e. The van der Waals surface area contributed by atoms with Crippen molar-refractivity contribution in [3.8, 4) is 10.6 Å². The molecule has 20 heavy (non-hydrogen) atoms. The normalized spacial score (nSPS) is 16.5. The smallest absolute Gasteiger partial charge is 0.124 e. The number of benzene rings is 1. The summed E-state index contributed by atoms with van der Waals surface area (Å²) >= 11 is 1.80. The van der Waals surface area contributed by atoms with Crippen LogP contribution in [0, 0.1) is 13.8 Å². The second-order valence-electron chi connectivity index (χ2n) is 5.34. The van der Waals surface area contributed by atoms with Crippen molar-refractivity contribution in [1.82, 2.24) is 15.2 Å². The van der Waals surface area contributed by atoms with Gasteiger partial charge >= 0.3 is 0 Å². The molecule has 2 aromatic rings. The first-order valence-electron chi connectivity index (χ1n) is 7.19. The van der Waals surface area contributed by atoms with Gasteiger partial charge in [-0.2, -0.15) is 0 Å². The lowest BCUT2D eigenvalue weighted by molar-refractivity contribution is 0.233. The van der Waals surface area contributed by atoms with E-state index in [9.17, 15) is 0 Å². The lowest BCUT2D eigenvalue weighted by atomic mass is 10.1. The fourth-order valence-corrected chi connectivity index (χ4v) is 3.54. The second kappa shape index (κ2) is 6.04. The Hall–Kier alpha value is -1.23. The number of nitrogens with zero attached hydrogens (tertiary/aromatic N) is 2. The molecule has 0 amide bonds. The molecule has 1 fully saturated rings. The molecule has 1 saturated heterocycles. The van der Waals surface area contributed by atoms with Gasteiger partial charge in [-0.3, -0.25) is 4.90 Å². The molecule has 106 valence electrons. The zero-order valence-corrected chi connectivity index (χ0v) is 13.0. The maximum atomic E-state index is 4.72. The summed E-state index contributed by atoms with van der Waals surface area (Å²) in [6, 6.07) is 8.69. The predicted molar refractivity (Wildman–Crippen MR) is 85.2 cm³/mol. The number of hydrogen-bond acceptors (Lipinski definition) is 4. The predicted octanol–water partition coefficient (Wildman–Crippen LogP) is 2.83. The van der Waals surface area contributed by atoms with Crippen LogP contribution in [-0.2, 0) is 6.54 Å². The van der Waals surface area contributed by atoms with E-state index in [1.807, 2.05) is 0 Å². The van der Waals surface area contributed by atoms with Gasteiger partial charge in [-0.25, -0.2) is 4.98 Å². The minimum absolute atomic E-state index is 1.02. The van der Waals surface area contributed by atoms with Gasteiger partial charge in [0.25, 0.3) is 0 Å². The summed E-state index contributed by atoms with van der Waals surface area (Å²) in [5, 5.41) is 4.56. The van der Waals surface area contributed by atoms with Crippen LogP contribution >= 0.6 is 11.3 Å². The monoisotopic (exact) mass is 287 g/mol. The quantitative estimate of drug-likeness (QED) is 0.941. The van der Waals surface area contributed by atoms with Crippen molar-refractivity contribution in [3.63, 3.8) is 0 Å². The molecule has 3 nitrogen and oxygen atoms in total. The molecule has 1 aliphatic heterocycles. The van der Waals surface area contributed by atoms with Gasteiger partial charge in [0.15, 0.2) is 0 Å². The summed E-state index contributed by atoms with van der Waals surface area (Å²) in [5.41, 5.74) is 3.84. The molecule has 0 atom stereocenters. The number of nitrogens with one attached hydrogen (secondary N) is 1. The van der Waals surface area contributed by atoms with Crippen molar-refractivity contribution in [1.29, 1.82) is 0 Å². The minimum atomic E-state index is 1.02. The molecule has 1 aliphatic rings. The SMILES string of the molecule is Cc1nc(-c2ccccc2CN2CCNCC2)sc1C. The summed E-state index contributed by atoms with van der Waals surface area (Å²) in [7, 11) is 0. The highest BCUT2D eigenvalue weighted by Gasteiger charge is 2.14. The van der Waals surface area contributed by atoms with E-state index < -0.39 is 0 Å². The van der Waals surface area contributed by atoms with Crippen LogP contribution in [0.1, 0.15) is 16.1 Å². The number of aryl methyl sites for hydroxylation is 2. The van der Waals surface area contributed by atoms with Gasteiger partial charge in [-0.1, -0.05) is 24.3 Å². The van der Waals surface area contributed by atoms with Crippen LogP contribution in [0.3, 0.4) is 0 Å². The average Bonchev–Trinajstić information content (AvgIpc) is 2.80. The highest BCUT2D eigenvalue weighted by molar-refractivity contribution is 7.15. The molecule has 1 N–H and O–H groups in total. The lowest BCUT2D eigenvalue weighted by Crippen LogP contribution is -2.42. The lowest BCUT2D eigenvalue weighted by Gasteiger charge is -2.27. The Balaban J connectivity index is 1.87. The Morgan fingerprint density at radius 2 is 1.95 bits per heavy atom. The molecule has 1 aromatic carbocycles. The molecule has 0 spiro atoms. The standard InChI is InChI=1S/C16H21N3S/c1-12-13(2)20-16(18-12)15-6-4-3-5-14(15)11-19-9-7-17-8-10-19/h3-6,17H,7-11H2,1-2H3. The highest BCUT2D eigenvalue weighted by atomic mass is 32.1. The van der Waals surface area contributed by atoms with E-state index in [-0.39, 0.29) is 0 Å². The van der Waals surface area contributed by atoms with Crippen molar-refractivity contribution in [2.24, 2.45) is 0 Å². The number of rotatable bonds is 3. The molecule has 0 bridgehead atoms. The second-order valence-corrected chi connectivity index (χ2v) is 6.55. The third-order valence-corrected chi connectivity index (χ3v) is 4.99. The van der Waals surface area contributed by atoms with E-state index in [0.717, 1.165) is 43.4 Å². The molecular weight excluding hydrogens is 266 g/mol. The molecule has 0 aliphatic carbocycles. The van der Waals surface area contributed by atoms with Crippen molar-refractivity contribution in [2.45, 2.75) is 20.4 Å². The first-order chi connectivity index (χ1) is 9.74. The van der Waals surface area contributed by atoms with E-state index >= 15 is 0 Å². The van der Waals surface area contributed by atoms with Crippen LogP contribution in [0.25, 0.3) is 10.6 Å². The average molecular weight is 287 g/mol. The molecule has 2 heterocycles. The van der Waals surface area contributed by atoms with Crippen LogP contribution in [-0.4, -0.2) is 36.1 Å². The van der Waals surface area contributed by atoms with Crippen molar-refractivity contribution in [3.05, 3.63) is 40.4 Å². The summed E-state index contributed by atoms with van der Waals surface area (Å²) in [4.78, 5) is 8.56. The van der Waals surface area contributed by atoms with Gasteiger partial charge in [0.2, 0.25) is 0 Å². The Bertz CT molecular complexity index is 566. The van der Waals surface area contributed by atoms with Gasteiger partial charge in [0.05, 0.1) is 5.69 Å². The molecule has 1 aromatic heterocycles. The molecular formula is C16H21N3S. The summed E-state index contributed by atoms with van der Waals surface area (Å²) in [5.74, 6) is 0. The van der Waals surface area contributed by atoms with E-state index in [0.29, 0.717) is 0 Å². The van der Waals surface area contributed by atoms with Gasteiger partial charge in [0, 0.05) is 43.2 Å². The molecule has 4 heteroatoms. The maximum absolute atomic E-state index is 4.72. The molecule has 3 rings (SSSR count). The van der Waals surface area contributed by atoms with Crippen molar-refractivity contribution < 1.29 is 0 Å². The minimum Gasteiger partial charge on any atom is -0.314 e. The van der Waals surface area contributed by atoms with Crippen LogP contribution in [0.4, 0.5) is 0 Å². The summed E-state index contributed by atoms with van der Waals surface area (Å²) in [6.07, 6.45) is 0. The van der Waals surface area contributed by atoms with Crippen LogP contribution in [0.5, 0.6) is 0 Å². The third kappa shape index (κ3) is 2.92. The van der Waals surface area contributed by atoms with Crippen molar-refractivity contribution >= 4 is 11.3 Å². The number of piperazine rings is 1. The highest BCUT2D eigenvalue weighted by Crippen LogP contribution is 2.30. The first kappa shape index (κ1) is 13.7. The maximum Gasteiger partial charge on any atom is 0.124 e. The van der Waals surface area contributed by atoms with Gasteiger partial charge in [-0.15, -0.1) is 11.3 Å². The zero-order chi connectivity index (χ0) is 13.9. The molecule has 0 saturated carbocycles. The molecule has 0 unspecified atom stereocenters. The third-order valence-electron chi connectivity index (χ3n) is 3.88. The van der Waals surface area contributed by atoms with E-state index in [2.05, 4.69) is 48.3 Å². The van der Waals surface area contributed by atoms with Crippen LogP contribution in [0.2, 0.25) is 0 Å². The fourth-order valence-electron chi connectivity index (χ4n) is 2.56. The first-order valence-corrected chi connectivity index (χ1v) is 8.01. The zero-order valence-electron chi connectivity index (χ0n) is 12.1. The number of aromatic nitrogens is 1. The Morgan fingerprint density at radius 1 is 1.20 bits per heavy atom. The summed E-state index contributed by atoms with van der Waals surface area (Å²) < 4.78 is 0. The van der Waals surface area contributed by atoms with Gasteiger partial charge in [0.1, 0.15) is 5.01 Å². The van der Waals surface area contributed by atoms with Crippen molar-refractivity contribution in [2.75, 3.05) is 26.2 Å². The number of thiazole rings is 1. The van der Waals surface area contributed by atoms with Gasteiger partial charge in [-0.05, 0) is 19.4 Å². The van der Waals surface area contributed by atoms with E-state index in [4.69, 9.17) is 4.98 Å². The van der Waals surface area contributed by atoms with E-state index in [1.54, 1.807) is 11.3 Å². The van der Waals surface area contributed by atoms with Crippen LogP contribution in [0.15, 0.2) is 24.3 Å². The Labute approximate surface area is 124 Å². The van der Waals surface area contributed by atoms with Gasteiger partial charge < -0.3 is 5.32 Å². The summed E-state index contributed by atoms with van der Waals surface area (Å²) in [6.45, 7) is 9.71. The Kier molecular flexibility index (Phi) is 4.15. The fraction of sp³-hybridized carbons (Fsp3) is 0.438.